The average Bonchev–Trinajstić information content (AvgIpc) is 2.69. The van der Waals surface area contributed by atoms with E-state index in [9.17, 15) is 9.59 Å². The molecule has 0 aliphatic heterocycles. The Labute approximate surface area is 159 Å². The number of carbonyl (C=O) groups excluding carboxylic acids is 2. The third kappa shape index (κ3) is 5.06. The molecule has 1 saturated carbocycles. The molecule has 0 unspecified atom stereocenters. The molecule has 0 atom stereocenters. The fourth-order valence-corrected chi connectivity index (χ4v) is 3.28. The second kappa shape index (κ2) is 9.16. The molecule has 142 valence electrons. The fourth-order valence-electron chi connectivity index (χ4n) is 3.28. The van der Waals surface area contributed by atoms with Crippen molar-refractivity contribution < 1.29 is 14.3 Å². The summed E-state index contributed by atoms with van der Waals surface area (Å²) in [4.78, 5) is 28.8. The summed E-state index contributed by atoms with van der Waals surface area (Å²) in [6, 6.07) is 9.09. The molecule has 1 aliphatic carbocycles. The van der Waals surface area contributed by atoms with Crippen LogP contribution in [0.3, 0.4) is 0 Å². The first-order valence-corrected chi connectivity index (χ1v) is 9.46. The van der Waals surface area contributed by atoms with E-state index >= 15 is 0 Å². The lowest BCUT2D eigenvalue weighted by molar-refractivity contribution is 0.0527. The SMILES string of the molecule is CCOC(=O)c1ccccc1Nc1cncc(C(=O)NC2CCCCC2)c1. The molecule has 2 aromatic rings. The molecule has 1 fully saturated rings. The average molecular weight is 367 g/mol. The van der Waals surface area contributed by atoms with E-state index in [2.05, 4.69) is 15.6 Å². The smallest absolute Gasteiger partial charge is 0.340 e. The molecular formula is C21H25N3O3. The third-order valence-corrected chi connectivity index (χ3v) is 4.64. The van der Waals surface area contributed by atoms with Crippen molar-refractivity contribution in [2.24, 2.45) is 0 Å². The van der Waals surface area contributed by atoms with Gasteiger partial charge in [0, 0.05) is 12.2 Å². The highest BCUT2D eigenvalue weighted by Gasteiger charge is 2.17. The number of pyridine rings is 1. The highest BCUT2D eigenvalue weighted by atomic mass is 16.5. The summed E-state index contributed by atoms with van der Waals surface area (Å²) in [7, 11) is 0. The summed E-state index contributed by atoms with van der Waals surface area (Å²) in [5.41, 5.74) is 2.20. The molecule has 0 saturated heterocycles. The highest BCUT2D eigenvalue weighted by Crippen LogP contribution is 2.22. The largest absolute Gasteiger partial charge is 0.462 e. The van der Waals surface area contributed by atoms with Crippen molar-refractivity contribution >= 4 is 23.3 Å². The topological polar surface area (TPSA) is 80.3 Å². The molecule has 1 amide bonds. The van der Waals surface area contributed by atoms with Gasteiger partial charge in [0.1, 0.15) is 0 Å². The lowest BCUT2D eigenvalue weighted by Crippen LogP contribution is -2.36. The van der Waals surface area contributed by atoms with E-state index in [0.717, 1.165) is 25.7 Å². The number of rotatable bonds is 6. The van der Waals surface area contributed by atoms with E-state index < -0.39 is 0 Å². The number of ether oxygens (including phenoxy) is 1. The van der Waals surface area contributed by atoms with Crippen LogP contribution in [0.1, 0.15) is 59.7 Å². The van der Waals surface area contributed by atoms with Crippen LogP contribution in [0.15, 0.2) is 42.7 Å². The minimum atomic E-state index is -0.389. The maximum Gasteiger partial charge on any atom is 0.340 e. The normalized spacial score (nSPS) is 14.4. The van der Waals surface area contributed by atoms with Gasteiger partial charge >= 0.3 is 5.97 Å². The van der Waals surface area contributed by atoms with E-state index in [0.29, 0.717) is 29.1 Å². The van der Waals surface area contributed by atoms with Gasteiger partial charge in [0.25, 0.3) is 5.91 Å². The molecular weight excluding hydrogens is 342 g/mol. The lowest BCUT2D eigenvalue weighted by Gasteiger charge is -2.22. The summed E-state index contributed by atoms with van der Waals surface area (Å²) < 4.78 is 5.09. The summed E-state index contributed by atoms with van der Waals surface area (Å²) in [5.74, 6) is -0.503. The number of benzene rings is 1. The van der Waals surface area contributed by atoms with Crippen molar-refractivity contribution in [3.63, 3.8) is 0 Å². The summed E-state index contributed by atoms with van der Waals surface area (Å²) >= 11 is 0. The van der Waals surface area contributed by atoms with Crippen LogP contribution < -0.4 is 10.6 Å². The first kappa shape index (κ1) is 18.9. The number of amides is 1. The number of anilines is 2. The zero-order valence-electron chi connectivity index (χ0n) is 15.5. The van der Waals surface area contributed by atoms with Crippen LogP contribution in [0, 0.1) is 0 Å². The molecule has 1 heterocycles. The molecule has 3 rings (SSSR count). The van der Waals surface area contributed by atoms with E-state index in [1.165, 1.54) is 6.42 Å². The molecule has 2 N–H and O–H groups in total. The number of hydrogen-bond acceptors (Lipinski definition) is 5. The van der Waals surface area contributed by atoms with Gasteiger partial charge in [-0.3, -0.25) is 9.78 Å². The number of hydrogen-bond donors (Lipinski definition) is 2. The van der Waals surface area contributed by atoms with E-state index in [4.69, 9.17) is 4.74 Å². The Hall–Kier alpha value is -2.89. The number of carbonyl (C=O) groups is 2. The predicted octanol–water partition coefficient (Wildman–Crippen LogP) is 4.06. The molecule has 6 nitrogen and oxygen atoms in total. The van der Waals surface area contributed by atoms with Gasteiger partial charge in [0.05, 0.1) is 35.3 Å². The number of nitrogens with one attached hydrogen (secondary N) is 2. The fraction of sp³-hybridized carbons (Fsp3) is 0.381. The first-order valence-electron chi connectivity index (χ1n) is 9.46. The lowest BCUT2D eigenvalue weighted by atomic mass is 9.95. The Balaban J connectivity index is 1.72. The quantitative estimate of drug-likeness (QED) is 0.753. The van der Waals surface area contributed by atoms with Crippen molar-refractivity contribution in [3.8, 4) is 0 Å². The molecule has 6 heteroatoms. The Morgan fingerprint density at radius 3 is 2.70 bits per heavy atom. The van der Waals surface area contributed by atoms with Gasteiger partial charge < -0.3 is 15.4 Å². The Morgan fingerprint density at radius 2 is 1.93 bits per heavy atom. The van der Waals surface area contributed by atoms with Crippen LogP contribution in [-0.4, -0.2) is 29.5 Å². The van der Waals surface area contributed by atoms with Crippen LogP contribution >= 0.6 is 0 Å². The standard InChI is InChI=1S/C21H25N3O3/c1-2-27-21(26)18-10-6-7-11-19(18)23-17-12-15(13-22-14-17)20(25)24-16-8-4-3-5-9-16/h6-7,10-14,16,23H,2-5,8-9H2,1H3,(H,24,25). The first-order chi connectivity index (χ1) is 13.2. The Kier molecular flexibility index (Phi) is 6.41. The number of esters is 1. The highest BCUT2D eigenvalue weighted by molar-refractivity contribution is 5.97. The van der Waals surface area contributed by atoms with Gasteiger partial charge in [-0.25, -0.2) is 4.79 Å². The van der Waals surface area contributed by atoms with Crippen molar-refractivity contribution in [2.75, 3.05) is 11.9 Å². The monoisotopic (exact) mass is 367 g/mol. The van der Waals surface area contributed by atoms with Gasteiger partial charge in [-0.05, 0) is 38.0 Å². The minimum absolute atomic E-state index is 0.114. The van der Waals surface area contributed by atoms with Gasteiger partial charge in [-0.2, -0.15) is 0 Å². The van der Waals surface area contributed by atoms with Crippen molar-refractivity contribution in [2.45, 2.75) is 45.1 Å². The van der Waals surface area contributed by atoms with Crippen LogP contribution in [0.5, 0.6) is 0 Å². The molecule has 0 bridgehead atoms. The minimum Gasteiger partial charge on any atom is -0.462 e. The summed E-state index contributed by atoms with van der Waals surface area (Å²) in [5, 5.41) is 6.26. The number of nitrogens with zero attached hydrogens (tertiary/aromatic N) is 1. The zero-order valence-corrected chi connectivity index (χ0v) is 15.5. The molecule has 1 aromatic heterocycles. The number of para-hydroxylation sites is 1. The second-order valence-electron chi connectivity index (χ2n) is 6.66. The Bertz CT molecular complexity index is 801. The van der Waals surface area contributed by atoms with Crippen molar-refractivity contribution in [1.82, 2.24) is 10.3 Å². The molecule has 0 radical (unpaired) electrons. The van der Waals surface area contributed by atoms with Crippen molar-refractivity contribution in [1.29, 1.82) is 0 Å². The van der Waals surface area contributed by atoms with E-state index in [1.807, 2.05) is 6.07 Å². The maximum absolute atomic E-state index is 12.5. The molecule has 0 spiro atoms. The Morgan fingerprint density at radius 1 is 1.15 bits per heavy atom. The van der Waals surface area contributed by atoms with Gasteiger partial charge in [0.2, 0.25) is 0 Å². The van der Waals surface area contributed by atoms with E-state index in [1.54, 1.807) is 43.6 Å². The zero-order chi connectivity index (χ0) is 19.1. The third-order valence-electron chi connectivity index (χ3n) is 4.64. The molecule has 27 heavy (non-hydrogen) atoms. The summed E-state index contributed by atoms with van der Waals surface area (Å²) in [6.07, 6.45) is 8.81. The maximum atomic E-state index is 12.5. The van der Waals surface area contributed by atoms with Crippen molar-refractivity contribution in [3.05, 3.63) is 53.9 Å². The van der Waals surface area contributed by atoms with Gasteiger partial charge in [-0.15, -0.1) is 0 Å². The summed E-state index contributed by atoms with van der Waals surface area (Å²) in [6.45, 7) is 2.08. The van der Waals surface area contributed by atoms with E-state index in [-0.39, 0.29) is 17.9 Å². The van der Waals surface area contributed by atoms with Gasteiger partial charge in [0.15, 0.2) is 0 Å². The number of aromatic nitrogens is 1. The van der Waals surface area contributed by atoms with Gasteiger partial charge in [-0.1, -0.05) is 31.4 Å². The van der Waals surface area contributed by atoms with Crippen LogP contribution in [0.2, 0.25) is 0 Å². The predicted molar refractivity (Wildman–Crippen MR) is 104 cm³/mol. The van der Waals surface area contributed by atoms with Crippen LogP contribution in [-0.2, 0) is 4.74 Å². The molecule has 1 aromatic carbocycles. The molecule has 1 aliphatic rings. The van der Waals surface area contributed by atoms with Crippen LogP contribution in [0.25, 0.3) is 0 Å². The van der Waals surface area contributed by atoms with Crippen LogP contribution in [0.4, 0.5) is 11.4 Å². The second-order valence-corrected chi connectivity index (χ2v) is 6.66.